The van der Waals surface area contributed by atoms with E-state index >= 15 is 0 Å². The Hall–Kier alpha value is -2.36. The number of aromatic nitrogens is 2. The number of hydrogen-bond donors (Lipinski definition) is 2. The van der Waals surface area contributed by atoms with Crippen LogP contribution in [0.3, 0.4) is 0 Å². The van der Waals surface area contributed by atoms with Gasteiger partial charge in [-0.1, -0.05) is 47.1 Å². The van der Waals surface area contributed by atoms with E-state index < -0.39 is 0 Å². The highest BCUT2D eigenvalue weighted by Gasteiger charge is 2.30. The topological polar surface area (TPSA) is 87.4 Å². The number of fused-ring (bicyclic) bond motifs is 2. The summed E-state index contributed by atoms with van der Waals surface area (Å²) in [5.74, 6) is 6.48. The maximum absolute atomic E-state index is 13.1. The lowest BCUT2D eigenvalue weighted by atomic mass is 10.00. The molecule has 31 heavy (non-hydrogen) atoms. The van der Waals surface area contributed by atoms with Crippen molar-refractivity contribution in [3.63, 3.8) is 0 Å². The number of hydrazine groups is 1. The summed E-state index contributed by atoms with van der Waals surface area (Å²) in [6.45, 7) is 1.58. The molecular weight excluding hydrogens is 455 g/mol. The number of anilines is 3. The second kappa shape index (κ2) is 8.29. The van der Waals surface area contributed by atoms with Crippen LogP contribution in [-0.2, 0) is 13.0 Å². The van der Waals surface area contributed by atoms with E-state index in [0.29, 0.717) is 38.1 Å². The van der Waals surface area contributed by atoms with Gasteiger partial charge in [-0.3, -0.25) is 15.5 Å². The van der Waals surface area contributed by atoms with Crippen LogP contribution in [0.5, 0.6) is 0 Å². The first-order valence-electron chi connectivity index (χ1n) is 9.64. The molecule has 3 aromatic rings. The smallest absolute Gasteiger partial charge is 0.263 e. The minimum Gasteiger partial charge on any atom is -0.324 e. The fraction of sp³-hybridized carbons (Fsp3) is 0.190. The van der Waals surface area contributed by atoms with Crippen molar-refractivity contribution in [1.29, 1.82) is 0 Å². The number of hydrogen-bond acceptors (Lipinski definition) is 7. The van der Waals surface area contributed by atoms with E-state index in [9.17, 15) is 4.79 Å². The molecule has 0 saturated carbocycles. The molecule has 2 aliphatic rings. The molecule has 3 heterocycles. The van der Waals surface area contributed by atoms with Gasteiger partial charge in [0.05, 0.1) is 27.2 Å². The minimum atomic E-state index is -0.226. The highest BCUT2D eigenvalue weighted by molar-refractivity contribution is 7.99. The molecule has 0 spiro atoms. The number of nitrogens with zero attached hydrogens (tertiary/aromatic N) is 4. The van der Waals surface area contributed by atoms with Crippen LogP contribution in [0.25, 0.3) is 0 Å². The van der Waals surface area contributed by atoms with Crippen LogP contribution in [0.1, 0.15) is 21.5 Å². The first-order chi connectivity index (χ1) is 15.0. The number of nitrogens with one attached hydrogen (secondary N) is 1. The third-order valence-electron chi connectivity index (χ3n) is 5.27. The van der Waals surface area contributed by atoms with Crippen molar-refractivity contribution < 1.29 is 4.79 Å². The zero-order chi connectivity index (χ0) is 21.5. The molecule has 1 amide bonds. The Labute approximate surface area is 193 Å². The van der Waals surface area contributed by atoms with Gasteiger partial charge in [-0.2, -0.15) is 0 Å². The Bertz CT molecular complexity index is 1170. The summed E-state index contributed by atoms with van der Waals surface area (Å²) in [5.41, 5.74) is 4.32. The van der Waals surface area contributed by atoms with Crippen LogP contribution < -0.4 is 16.1 Å². The second-order valence-corrected chi connectivity index (χ2v) is 9.07. The number of carbonyl (C=O) groups is 1. The Kier molecular flexibility index (Phi) is 5.49. The van der Waals surface area contributed by atoms with Gasteiger partial charge in [-0.05, 0) is 41.8 Å². The first-order valence-corrected chi connectivity index (χ1v) is 11.4. The molecule has 5 rings (SSSR count). The zero-order valence-electron chi connectivity index (χ0n) is 16.3. The van der Waals surface area contributed by atoms with Crippen molar-refractivity contribution in [2.75, 3.05) is 22.6 Å². The van der Waals surface area contributed by atoms with Crippen LogP contribution >= 0.6 is 35.0 Å². The number of nitrogens with two attached hydrogens (primary N) is 1. The highest BCUT2D eigenvalue weighted by atomic mass is 35.5. The summed E-state index contributed by atoms with van der Waals surface area (Å²) >= 11 is 14.0. The van der Waals surface area contributed by atoms with Gasteiger partial charge in [-0.15, -0.1) is 0 Å². The Balaban J connectivity index is 1.38. The fourth-order valence-corrected chi connectivity index (χ4v) is 5.25. The van der Waals surface area contributed by atoms with Crippen LogP contribution in [-0.4, -0.2) is 33.3 Å². The number of rotatable bonds is 3. The van der Waals surface area contributed by atoms with Crippen molar-refractivity contribution in [3.8, 4) is 0 Å². The third-order valence-corrected chi connectivity index (χ3v) is 6.85. The van der Waals surface area contributed by atoms with Gasteiger partial charge in [0, 0.05) is 25.0 Å². The molecule has 7 nitrogen and oxygen atoms in total. The first kappa shape index (κ1) is 20.5. The molecule has 0 fully saturated rings. The Morgan fingerprint density at radius 2 is 1.94 bits per heavy atom. The number of halogens is 2. The molecule has 0 bridgehead atoms. The average molecular weight is 473 g/mol. The lowest BCUT2D eigenvalue weighted by Crippen LogP contribution is -2.36. The van der Waals surface area contributed by atoms with Crippen LogP contribution in [0, 0.1) is 0 Å². The van der Waals surface area contributed by atoms with Crippen molar-refractivity contribution >= 4 is 58.2 Å². The number of benzene rings is 2. The maximum atomic E-state index is 13.1. The van der Waals surface area contributed by atoms with Gasteiger partial charge in [0.1, 0.15) is 5.03 Å². The summed E-state index contributed by atoms with van der Waals surface area (Å²) in [4.78, 5) is 23.5. The molecular formula is C21H18Cl2N6OS. The summed E-state index contributed by atoms with van der Waals surface area (Å²) in [5, 5.41) is 6.53. The Morgan fingerprint density at radius 3 is 2.74 bits per heavy atom. The van der Waals surface area contributed by atoms with E-state index in [2.05, 4.69) is 27.4 Å². The summed E-state index contributed by atoms with van der Waals surface area (Å²) in [7, 11) is 0. The third kappa shape index (κ3) is 3.97. The molecule has 0 saturated heterocycles. The van der Waals surface area contributed by atoms with Gasteiger partial charge in [0.15, 0.2) is 0 Å². The molecule has 2 aromatic carbocycles. The lowest BCUT2D eigenvalue weighted by Gasteiger charge is -2.28. The van der Waals surface area contributed by atoms with Crippen LogP contribution in [0.2, 0.25) is 10.0 Å². The van der Waals surface area contributed by atoms with Crippen molar-refractivity contribution in [2.24, 2.45) is 5.84 Å². The van der Waals surface area contributed by atoms with E-state index in [1.54, 1.807) is 29.3 Å². The van der Waals surface area contributed by atoms with Gasteiger partial charge in [-0.25, -0.2) is 15.0 Å². The van der Waals surface area contributed by atoms with Gasteiger partial charge in [0.2, 0.25) is 5.95 Å². The molecule has 10 heteroatoms. The predicted molar refractivity (Wildman–Crippen MR) is 124 cm³/mol. The monoisotopic (exact) mass is 472 g/mol. The van der Waals surface area contributed by atoms with Crippen molar-refractivity contribution in [2.45, 2.75) is 18.0 Å². The molecule has 0 aliphatic carbocycles. The summed E-state index contributed by atoms with van der Waals surface area (Å²) in [6, 6.07) is 11.3. The largest absolute Gasteiger partial charge is 0.324 e. The normalized spacial score (nSPS) is 16.1. The average Bonchev–Trinajstić information content (AvgIpc) is 2.75. The standard InChI is InChI=1S/C21H18Cl2N6OS/c22-16-2-1-3-17(23)18(16)29-11-31-19-15(20(29)30)9-25-21(27-19)26-14-5-4-13-10-28(24)7-6-12(13)8-14/h1-5,8-9H,6-7,10-11,24H2,(H,25,26,27). The molecule has 1 aromatic heterocycles. The molecule has 2 aliphatic heterocycles. The molecule has 3 N–H and O–H groups in total. The number of amides is 1. The quantitative estimate of drug-likeness (QED) is 0.429. The highest BCUT2D eigenvalue weighted by Crippen LogP contribution is 2.39. The van der Waals surface area contributed by atoms with Gasteiger partial charge >= 0.3 is 0 Å². The lowest BCUT2D eigenvalue weighted by molar-refractivity contribution is 0.0985. The number of para-hydroxylation sites is 1. The van der Waals surface area contributed by atoms with Gasteiger partial charge in [0.25, 0.3) is 5.91 Å². The van der Waals surface area contributed by atoms with Gasteiger partial charge < -0.3 is 5.32 Å². The van der Waals surface area contributed by atoms with Crippen molar-refractivity contribution in [3.05, 3.63) is 69.3 Å². The fourth-order valence-electron chi connectivity index (χ4n) is 3.71. The second-order valence-electron chi connectivity index (χ2n) is 7.32. The van der Waals surface area contributed by atoms with E-state index in [4.69, 9.17) is 29.0 Å². The predicted octanol–water partition coefficient (Wildman–Crippen LogP) is 4.47. The maximum Gasteiger partial charge on any atom is 0.263 e. The Morgan fingerprint density at radius 1 is 1.13 bits per heavy atom. The van der Waals surface area contributed by atoms with Crippen molar-refractivity contribution in [1.82, 2.24) is 15.0 Å². The van der Waals surface area contributed by atoms with E-state index in [1.165, 1.54) is 22.9 Å². The van der Waals surface area contributed by atoms with E-state index in [0.717, 1.165) is 25.2 Å². The zero-order valence-corrected chi connectivity index (χ0v) is 18.6. The number of thioether (sulfide) groups is 1. The summed E-state index contributed by atoms with van der Waals surface area (Å²) in [6.07, 6.45) is 2.44. The van der Waals surface area contributed by atoms with E-state index in [-0.39, 0.29) is 5.91 Å². The summed E-state index contributed by atoms with van der Waals surface area (Å²) < 4.78 is 0. The molecule has 0 unspecified atom stereocenters. The van der Waals surface area contributed by atoms with E-state index in [1.807, 2.05) is 11.1 Å². The molecule has 0 radical (unpaired) electrons. The number of carbonyl (C=O) groups excluding carboxylic acids is 1. The minimum absolute atomic E-state index is 0.226. The SMILES string of the molecule is NN1CCc2cc(Nc3ncc4c(n3)SCN(c3c(Cl)cccc3Cl)C4=O)ccc2C1. The molecule has 0 atom stereocenters. The molecule has 158 valence electrons. The van der Waals surface area contributed by atoms with Crippen LogP contribution in [0.4, 0.5) is 17.3 Å². The van der Waals surface area contributed by atoms with Crippen LogP contribution in [0.15, 0.2) is 47.6 Å².